The minimum atomic E-state index is -0.322. The first-order valence-corrected chi connectivity index (χ1v) is 10.9. The van der Waals surface area contributed by atoms with Gasteiger partial charge in [-0.05, 0) is 36.8 Å². The van der Waals surface area contributed by atoms with Gasteiger partial charge in [0.05, 0.1) is 5.75 Å². The molecule has 1 aliphatic rings. The summed E-state index contributed by atoms with van der Waals surface area (Å²) < 4.78 is 18.6. The smallest absolute Gasteiger partial charge is 0.277 e. The third kappa shape index (κ3) is 4.88. The van der Waals surface area contributed by atoms with Crippen LogP contribution in [0.15, 0.2) is 64.2 Å². The van der Waals surface area contributed by atoms with Crippen LogP contribution in [0.5, 0.6) is 0 Å². The highest BCUT2D eigenvalue weighted by Crippen LogP contribution is 2.25. The Balaban J connectivity index is 1.26. The number of piperazine rings is 1. The molecule has 2 heterocycles. The maximum absolute atomic E-state index is 13.0. The fourth-order valence-electron chi connectivity index (χ4n) is 3.49. The number of hydrogen-bond acceptors (Lipinski definition) is 6. The van der Waals surface area contributed by atoms with Gasteiger partial charge in [0.1, 0.15) is 5.82 Å². The molecule has 2 aromatic carbocycles. The maximum Gasteiger partial charge on any atom is 0.277 e. The third-order valence-electron chi connectivity index (χ3n) is 5.31. The van der Waals surface area contributed by atoms with Gasteiger partial charge in [-0.1, -0.05) is 42.1 Å². The molecule has 30 heavy (non-hydrogen) atoms. The number of amides is 1. The number of rotatable bonds is 6. The lowest BCUT2D eigenvalue weighted by atomic mass is 10.1. The predicted molar refractivity (Wildman–Crippen MR) is 113 cm³/mol. The normalized spacial score (nSPS) is 15.9. The average molecular weight is 427 g/mol. The number of halogens is 1. The van der Waals surface area contributed by atoms with Crippen LogP contribution in [0.4, 0.5) is 4.39 Å². The summed E-state index contributed by atoms with van der Waals surface area (Å²) in [5.74, 6) is 0.304. The highest BCUT2D eigenvalue weighted by atomic mass is 32.2. The quantitative estimate of drug-likeness (QED) is 0.558. The molecule has 6 nitrogen and oxygen atoms in total. The first kappa shape index (κ1) is 20.6. The maximum atomic E-state index is 13.0. The van der Waals surface area contributed by atoms with Crippen LogP contribution in [-0.2, 0) is 4.79 Å². The second-order valence-corrected chi connectivity index (χ2v) is 8.10. The van der Waals surface area contributed by atoms with Crippen molar-refractivity contribution in [2.24, 2.45) is 0 Å². The van der Waals surface area contributed by atoms with Crippen molar-refractivity contribution in [3.8, 4) is 11.5 Å². The molecule has 1 amide bonds. The van der Waals surface area contributed by atoms with Crippen molar-refractivity contribution < 1.29 is 13.6 Å². The van der Waals surface area contributed by atoms with E-state index in [4.69, 9.17) is 4.42 Å². The molecule has 0 saturated carbocycles. The zero-order chi connectivity index (χ0) is 20.9. The number of carbonyl (C=O) groups excluding carboxylic acids is 1. The number of aromatic nitrogens is 2. The van der Waals surface area contributed by atoms with Gasteiger partial charge in [0.15, 0.2) is 0 Å². The largest absolute Gasteiger partial charge is 0.411 e. The summed E-state index contributed by atoms with van der Waals surface area (Å²) in [6.45, 7) is 5.32. The van der Waals surface area contributed by atoms with Crippen LogP contribution >= 0.6 is 11.8 Å². The molecule has 1 unspecified atom stereocenters. The van der Waals surface area contributed by atoms with E-state index in [-0.39, 0.29) is 17.5 Å². The Bertz CT molecular complexity index is 972. The summed E-state index contributed by atoms with van der Waals surface area (Å²) >= 11 is 1.23. The fourth-order valence-corrected chi connectivity index (χ4v) is 4.16. The van der Waals surface area contributed by atoms with Crippen LogP contribution in [0.1, 0.15) is 18.5 Å². The Morgan fingerprint density at radius 1 is 1.07 bits per heavy atom. The van der Waals surface area contributed by atoms with Gasteiger partial charge in [-0.15, -0.1) is 10.2 Å². The summed E-state index contributed by atoms with van der Waals surface area (Å²) in [6, 6.07) is 16.6. The van der Waals surface area contributed by atoms with E-state index in [1.165, 1.54) is 29.5 Å². The van der Waals surface area contributed by atoms with E-state index in [1.54, 1.807) is 12.1 Å². The Kier molecular flexibility index (Phi) is 6.44. The Morgan fingerprint density at radius 2 is 1.77 bits per heavy atom. The molecule has 4 rings (SSSR count). The standard InChI is InChI=1S/C22H23FN4O2S/c1-16(17-5-3-2-4-6-17)26-11-13-27(14-12-26)20(28)15-30-22-25-24-21(29-22)18-7-9-19(23)10-8-18/h2-10,16H,11-15H2,1H3. The fraction of sp³-hybridized carbons (Fsp3) is 0.318. The number of benzene rings is 2. The highest BCUT2D eigenvalue weighted by molar-refractivity contribution is 7.99. The van der Waals surface area contributed by atoms with Crippen LogP contribution in [0.2, 0.25) is 0 Å². The number of thioether (sulfide) groups is 1. The number of hydrogen-bond donors (Lipinski definition) is 0. The third-order valence-corrected chi connectivity index (χ3v) is 6.12. The minimum absolute atomic E-state index is 0.0635. The second-order valence-electron chi connectivity index (χ2n) is 7.17. The number of nitrogens with zero attached hydrogens (tertiary/aromatic N) is 4. The molecule has 0 N–H and O–H groups in total. The van der Waals surface area contributed by atoms with Gasteiger partial charge in [0.25, 0.3) is 5.22 Å². The van der Waals surface area contributed by atoms with E-state index in [9.17, 15) is 9.18 Å². The topological polar surface area (TPSA) is 62.5 Å². The van der Waals surface area contributed by atoms with Crippen molar-refractivity contribution in [1.82, 2.24) is 20.0 Å². The average Bonchev–Trinajstić information content (AvgIpc) is 3.27. The van der Waals surface area contributed by atoms with E-state index in [2.05, 4.69) is 46.3 Å². The molecule has 0 bridgehead atoms. The SMILES string of the molecule is CC(c1ccccc1)N1CCN(C(=O)CSc2nnc(-c3ccc(F)cc3)o2)CC1. The van der Waals surface area contributed by atoms with Crippen molar-refractivity contribution in [2.45, 2.75) is 18.2 Å². The molecule has 8 heteroatoms. The monoisotopic (exact) mass is 426 g/mol. The molecule has 3 aromatic rings. The van der Waals surface area contributed by atoms with E-state index in [1.807, 2.05) is 11.0 Å². The van der Waals surface area contributed by atoms with Crippen molar-refractivity contribution in [1.29, 1.82) is 0 Å². The highest BCUT2D eigenvalue weighted by Gasteiger charge is 2.25. The lowest BCUT2D eigenvalue weighted by molar-refractivity contribution is -0.130. The van der Waals surface area contributed by atoms with E-state index in [0.29, 0.717) is 35.8 Å². The van der Waals surface area contributed by atoms with Crippen LogP contribution < -0.4 is 0 Å². The second kappa shape index (κ2) is 9.40. The molecule has 156 valence electrons. The van der Waals surface area contributed by atoms with Crippen molar-refractivity contribution in [3.05, 3.63) is 66.0 Å². The van der Waals surface area contributed by atoms with Gasteiger partial charge >= 0.3 is 0 Å². The van der Waals surface area contributed by atoms with Gasteiger partial charge in [0.2, 0.25) is 11.8 Å². The van der Waals surface area contributed by atoms with Crippen molar-refractivity contribution >= 4 is 17.7 Å². The Labute approximate surface area is 179 Å². The summed E-state index contributed by atoms with van der Waals surface area (Å²) in [6.07, 6.45) is 0. The van der Waals surface area contributed by atoms with E-state index >= 15 is 0 Å². The molecule has 0 spiro atoms. The first-order valence-electron chi connectivity index (χ1n) is 9.89. The molecule has 1 fully saturated rings. The van der Waals surface area contributed by atoms with Gasteiger partial charge in [-0.3, -0.25) is 9.69 Å². The molecule has 1 saturated heterocycles. The van der Waals surface area contributed by atoms with Crippen LogP contribution in [-0.4, -0.2) is 57.8 Å². The zero-order valence-electron chi connectivity index (χ0n) is 16.7. The molecule has 0 radical (unpaired) electrons. The molecular formula is C22H23FN4O2S. The van der Waals surface area contributed by atoms with E-state index in [0.717, 1.165) is 13.1 Å². The van der Waals surface area contributed by atoms with Crippen LogP contribution in [0.25, 0.3) is 11.5 Å². The lowest BCUT2D eigenvalue weighted by Gasteiger charge is -2.38. The van der Waals surface area contributed by atoms with Gasteiger partial charge in [0, 0.05) is 37.8 Å². The molecular weight excluding hydrogens is 403 g/mol. The summed E-state index contributed by atoms with van der Waals surface area (Å²) in [7, 11) is 0. The lowest BCUT2D eigenvalue weighted by Crippen LogP contribution is -2.49. The van der Waals surface area contributed by atoms with Crippen LogP contribution in [0.3, 0.4) is 0 Å². The van der Waals surface area contributed by atoms with Crippen molar-refractivity contribution in [2.75, 3.05) is 31.9 Å². The van der Waals surface area contributed by atoms with Crippen molar-refractivity contribution in [3.63, 3.8) is 0 Å². The minimum Gasteiger partial charge on any atom is -0.411 e. The van der Waals surface area contributed by atoms with E-state index < -0.39 is 0 Å². The number of carbonyl (C=O) groups is 1. The molecule has 0 aliphatic carbocycles. The van der Waals surface area contributed by atoms with Gasteiger partial charge in [-0.2, -0.15) is 0 Å². The molecule has 1 atom stereocenters. The van der Waals surface area contributed by atoms with Gasteiger partial charge < -0.3 is 9.32 Å². The first-order chi connectivity index (χ1) is 14.6. The zero-order valence-corrected chi connectivity index (χ0v) is 17.5. The summed E-state index contributed by atoms with van der Waals surface area (Å²) in [5.41, 5.74) is 1.94. The Morgan fingerprint density at radius 3 is 2.47 bits per heavy atom. The Hall–Kier alpha value is -2.71. The molecule has 1 aromatic heterocycles. The predicted octanol–water partition coefficient (Wildman–Crippen LogP) is 3.87. The van der Waals surface area contributed by atoms with Gasteiger partial charge in [-0.25, -0.2) is 4.39 Å². The summed E-state index contributed by atoms with van der Waals surface area (Å²) in [4.78, 5) is 16.9. The molecule has 1 aliphatic heterocycles. The summed E-state index contributed by atoms with van der Waals surface area (Å²) in [5, 5.41) is 8.28. The van der Waals surface area contributed by atoms with Crippen LogP contribution in [0, 0.1) is 5.82 Å².